The van der Waals surface area contributed by atoms with Gasteiger partial charge in [0.15, 0.2) is 5.82 Å². The predicted molar refractivity (Wildman–Crippen MR) is 110 cm³/mol. The fourth-order valence-corrected chi connectivity index (χ4v) is 3.13. The molecule has 9 heteroatoms. The Morgan fingerprint density at radius 3 is 2.69 bits per heavy atom. The van der Waals surface area contributed by atoms with Crippen molar-refractivity contribution in [2.24, 2.45) is 0 Å². The first kappa shape index (κ1) is 18.7. The normalized spacial score (nSPS) is 10.7. The van der Waals surface area contributed by atoms with Gasteiger partial charge in [-0.05, 0) is 23.6 Å². The van der Waals surface area contributed by atoms with Crippen molar-refractivity contribution in [1.82, 2.24) is 20.2 Å². The molecule has 2 heterocycles. The molecule has 0 spiro atoms. The molecule has 0 fully saturated rings. The van der Waals surface area contributed by atoms with Gasteiger partial charge >= 0.3 is 0 Å². The Kier molecular flexibility index (Phi) is 5.01. The average Bonchev–Trinajstić information content (AvgIpc) is 3.21. The summed E-state index contributed by atoms with van der Waals surface area (Å²) >= 11 is 6.20. The zero-order valence-corrected chi connectivity index (χ0v) is 16.3. The number of nitrogens with zero attached hydrogens (tertiary/aromatic N) is 3. The number of nitrogens with one attached hydrogen (secondary N) is 2. The van der Waals surface area contributed by atoms with Crippen molar-refractivity contribution in [1.29, 1.82) is 0 Å². The molecule has 0 radical (unpaired) electrons. The largest absolute Gasteiger partial charge is 0.497 e. The van der Waals surface area contributed by atoms with Gasteiger partial charge in [-0.3, -0.25) is 15.2 Å². The number of hydrogen-bond donors (Lipinski definition) is 2. The number of carbonyl (C=O) groups excluding carboxylic acids is 1. The van der Waals surface area contributed by atoms with Gasteiger partial charge in [0.1, 0.15) is 22.3 Å². The second kappa shape index (κ2) is 7.76. The van der Waals surface area contributed by atoms with Crippen molar-refractivity contribution in [3.63, 3.8) is 0 Å². The van der Waals surface area contributed by atoms with E-state index in [0.717, 1.165) is 10.8 Å². The van der Waals surface area contributed by atoms with E-state index in [-0.39, 0.29) is 16.8 Å². The number of H-pyrrole nitrogens is 1. The summed E-state index contributed by atoms with van der Waals surface area (Å²) in [7, 11) is 3.12. The Bertz CT molecular complexity index is 1210. The summed E-state index contributed by atoms with van der Waals surface area (Å²) in [6.45, 7) is 0. The van der Waals surface area contributed by atoms with Gasteiger partial charge in [-0.2, -0.15) is 4.98 Å². The Balaban J connectivity index is 1.59. The lowest BCUT2D eigenvalue weighted by atomic mass is 10.1. The number of amides is 1. The average molecular weight is 410 g/mol. The third-order valence-electron chi connectivity index (χ3n) is 4.30. The van der Waals surface area contributed by atoms with E-state index in [1.807, 2.05) is 24.3 Å². The predicted octanol–water partition coefficient (Wildman–Crippen LogP) is 3.94. The van der Waals surface area contributed by atoms with E-state index < -0.39 is 5.91 Å². The van der Waals surface area contributed by atoms with Gasteiger partial charge < -0.3 is 9.47 Å². The number of anilines is 1. The molecule has 0 aliphatic rings. The summed E-state index contributed by atoms with van der Waals surface area (Å²) in [5, 5.41) is 11.3. The first-order chi connectivity index (χ1) is 14.1. The SMILES string of the molecule is COc1ccc(-c2nc(NC(=O)c3cc4ccccc4c(Cl)n3)n[nH]2)c(OC)c1. The highest BCUT2D eigenvalue weighted by atomic mass is 35.5. The molecule has 0 saturated carbocycles. The van der Waals surface area contributed by atoms with Crippen molar-refractivity contribution in [3.8, 4) is 22.9 Å². The number of rotatable bonds is 5. The monoisotopic (exact) mass is 409 g/mol. The van der Waals surface area contributed by atoms with Gasteiger partial charge in [0.05, 0.1) is 19.8 Å². The molecule has 0 aliphatic heterocycles. The van der Waals surface area contributed by atoms with E-state index in [0.29, 0.717) is 22.9 Å². The summed E-state index contributed by atoms with van der Waals surface area (Å²) in [6, 6.07) is 14.4. The summed E-state index contributed by atoms with van der Waals surface area (Å²) in [4.78, 5) is 21.1. The first-order valence-electron chi connectivity index (χ1n) is 8.60. The van der Waals surface area contributed by atoms with Crippen LogP contribution in [-0.2, 0) is 0 Å². The molecule has 2 aromatic carbocycles. The molecule has 1 amide bonds. The molecule has 0 atom stereocenters. The number of carbonyl (C=O) groups is 1. The minimum atomic E-state index is -0.468. The smallest absolute Gasteiger partial charge is 0.276 e. The lowest BCUT2D eigenvalue weighted by Gasteiger charge is -2.07. The molecule has 29 heavy (non-hydrogen) atoms. The van der Waals surface area contributed by atoms with Crippen LogP contribution in [0, 0.1) is 0 Å². The summed E-state index contributed by atoms with van der Waals surface area (Å²) < 4.78 is 10.6. The summed E-state index contributed by atoms with van der Waals surface area (Å²) in [5.41, 5.74) is 0.843. The van der Waals surface area contributed by atoms with E-state index in [1.165, 1.54) is 0 Å². The molecule has 4 rings (SSSR count). The number of benzene rings is 2. The second-order valence-corrected chi connectivity index (χ2v) is 6.41. The van der Waals surface area contributed by atoms with Crippen LogP contribution in [-0.4, -0.2) is 40.3 Å². The molecule has 0 bridgehead atoms. The van der Waals surface area contributed by atoms with E-state index >= 15 is 0 Å². The lowest BCUT2D eigenvalue weighted by molar-refractivity contribution is 0.102. The van der Waals surface area contributed by atoms with Crippen LogP contribution in [0.3, 0.4) is 0 Å². The molecule has 2 aromatic heterocycles. The molecule has 4 aromatic rings. The number of hydrogen-bond acceptors (Lipinski definition) is 6. The fraction of sp³-hybridized carbons (Fsp3) is 0.100. The Labute approximate surface area is 170 Å². The number of aromatic amines is 1. The number of fused-ring (bicyclic) bond motifs is 1. The fourth-order valence-electron chi connectivity index (χ4n) is 2.87. The van der Waals surface area contributed by atoms with Crippen molar-refractivity contribution >= 4 is 34.2 Å². The van der Waals surface area contributed by atoms with Crippen molar-refractivity contribution in [2.45, 2.75) is 0 Å². The second-order valence-electron chi connectivity index (χ2n) is 6.05. The Hall–Kier alpha value is -3.65. The van der Waals surface area contributed by atoms with Gasteiger partial charge in [0.25, 0.3) is 5.91 Å². The van der Waals surface area contributed by atoms with Gasteiger partial charge in [-0.1, -0.05) is 35.9 Å². The Morgan fingerprint density at radius 2 is 1.90 bits per heavy atom. The van der Waals surface area contributed by atoms with Crippen LogP contribution in [0.4, 0.5) is 5.95 Å². The third-order valence-corrected chi connectivity index (χ3v) is 4.59. The van der Waals surface area contributed by atoms with E-state index in [1.54, 1.807) is 38.5 Å². The molecule has 0 unspecified atom stereocenters. The maximum absolute atomic E-state index is 12.6. The van der Waals surface area contributed by atoms with Crippen molar-refractivity contribution in [2.75, 3.05) is 19.5 Å². The van der Waals surface area contributed by atoms with Gasteiger partial charge in [0.2, 0.25) is 5.95 Å². The number of aromatic nitrogens is 4. The summed E-state index contributed by atoms with van der Waals surface area (Å²) in [6.07, 6.45) is 0. The lowest BCUT2D eigenvalue weighted by Crippen LogP contribution is -2.14. The minimum absolute atomic E-state index is 0.106. The number of halogens is 1. The first-order valence-corrected chi connectivity index (χ1v) is 8.98. The molecule has 2 N–H and O–H groups in total. The highest BCUT2D eigenvalue weighted by Gasteiger charge is 2.16. The maximum Gasteiger partial charge on any atom is 0.276 e. The standard InChI is InChI=1S/C20H16ClN5O3/c1-28-12-7-8-14(16(10-12)29-2)18-23-20(26-25-18)24-19(27)15-9-11-5-3-4-6-13(11)17(21)22-15/h3-10H,1-2H3,(H2,23,24,25,26,27). The quantitative estimate of drug-likeness (QED) is 0.484. The number of methoxy groups -OCH3 is 2. The van der Waals surface area contributed by atoms with Crippen LogP contribution in [0.2, 0.25) is 5.15 Å². The van der Waals surface area contributed by atoms with E-state index in [9.17, 15) is 4.79 Å². The molecule has 0 aliphatic carbocycles. The maximum atomic E-state index is 12.6. The summed E-state index contributed by atoms with van der Waals surface area (Å²) in [5.74, 6) is 1.28. The Morgan fingerprint density at radius 1 is 1.07 bits per heavy atom. The van der Waals surface area contributed by atoms with E-state index in [2.05, 4.69) is 25.5 Å². The zero-order valence-electron chi connectivity index (χ0n) is 15.6. The molecule has 146 valence electrons. The third kappa shape index (κ3) is 3.70. The molecule has 8 nitrogen and oxygen atoms in total. The highest BCUT2D eigenvalue weighted by molar-refractivity contribution is 6.34. The van der Waals surface area contributed by atoms with Gasteiger partial charge in [-0.25, -0.2) is 4.98 Å². The van der Waals surface area contributed by atoms with Crippen LogP contribution >= 0.6 is 11.6 Å². The molecule has 0 saturated heterocycles. The zero-order chi connectivity index (χ0) is 20.4. The van der Waals surface area contributed by atoms with E-state index in [4.69, 9.17) is 21.1 Å². The molecular weight excluding hydrogens is 394 g/mol. The topological polar surface area (TPSA) is 102 Å². The van der Waals surface area contributed by atoms with Crippen LogP contribution < -0.4 is 14.8 Å². The van der Waals surface area contributed by atoms with Crippen molar-refractivity contribution < 1.29 is 14.3 Å². The van der Waals surface area contributed by atoms with Crippen LogP contribution in [0.15, 0.2) is 48.5 Å². The van der Waals surface area contributed by atoms with Crippen LogP contribution in [0.5, 0.6) is 11.5 Å². The van der Waals surface area contributed by atoms with Crippen molar-refractivity contribution in [3.05, 3.63) is 59.4 Å². The minimum Gasteiger partial charge on any atom is -0.497 e. The van der Waals surface area contributed by atoms with Gasteiger partial charge in [0, 0.05) is 11.5 Å². The van der Waals surface area contributed by atoms with Crippen LogP contribution in [0.1, 0.15) is 10.5 Å². The molecular formula is C20H16ClN5O3. The number of pyridine rings is 1. The van der Waals surface area contributed by atoms with Crippen LogP contribution in [0.25, 0.3) is 22.2 Å². The number of ether oxygens (including phenoxy) is 2. The highest BCUT2D eigenvalue weighted by Crippen LogP contribution is 2.31. The van der Waals surface area contributed by atoms with Gasteiger partial charge in [-0.15, -0.1) is 5.10 Å².